The summed E-state index contributed by atoms with van der Waals surface area (Å²) >= 11 is 7.29. The lowest BCUT2D eigenvalue weighted by Gasteiger charge is -2.14. The van der Waals surface area contributed by atoms with Crippen molar-refractivity contribution in [2.45, 2.75) is 19.4 Å². The molecule has 0 aromatic carbocycles. The quantitative estimate of drug-likeness (QED) is 0.876. The van der Waals surface area contributed by atoms with Gasteiger partial charge < -0.3 is 5.32 Å². The molecule has 6 heteroatoms. The van der Waals surface area contributed by atoms with Gasteiger partial charge in [-0.1, -0.05) is 18.5 Å². The fourth-order valence-corrected chi connectivity index (χ4v) is 2.48. The third-order valence-corrected chi connectivity index (χ3v) is 3.55. The van der Waals surface area contributed by atoms with E-state index in [1.807, 2.05) is 12.3 Å². The summed E-state index contributed by atoms with van der Waals surface area (Å²) in [6.45, 7) is 2.01. The molecule has 0 aliphatic heterocycles. The Morgan fingerprint density at radius 3 is 2.94 bits per heavy atom. The van der Waals surface area contributed by atoms with Gasteiger partial charge in [0.2, 0.25) is 0 Å². The molecule has 2 heterocycles. The summed E-state index contributed by atoms with van der Waals surface area (Å²) in [4.78, 5) is 20.1. The van der Waals surface area contributed by atoms with E-state index >= 15 is 0 Å². The highest BCUT2D eigenvalue weighted by Gasteiger charge is 2.16. The molecule has 2 rings (SSSR count). The molecule has 0 aliphatic carbocycles. The molecule has 18 heavy (non-hydrogen) atoms. The lowest BCUT2D eigenvalue weighted by molar-refractivity contribution is 0.0935. The molecule has 94 valence electrons. The molecule has 0 aliphatic rings. The van der Waals surface area contributed by atoms with Crippen molar-refractivity contribution in [2.24, 2.45) is 0 Å². The molecule has 1 atom stereocenters. The number of thiazole rings is 1. The first-order valence-electron chi connectivity index (χ1n) is 5.52. The largest absolute Gasteiger partial charge is 0.343 e. The van der Waals surface area contributed by atoms with Crippen molar-refractivity contribution in [1.82, 2.24) is 15.3 Å². The number of pyridine rings is 1. The summed E-state index contributed by atoms with van der Waals surface area (Å²) in [6, 6.07) is 3.12. The summed E-state index contributed by atoms with van der Waals surface area (Å²) < 4.78 is 0. The average molecular weight is 282 g/mol. The Bertz CT molecular complexity index is 530. The zero-order chi connectivity index (χ0) is 13.0. The second kappa shape index (κ2) is 5.93. The minimum Gasteiger partial charge on any atom is -0.343 e. The van der Waals surface area contributed by atoms with E-state index in [0.717, 1.165) is 11.4 Å². The van der Waals surface area contributed by atoms with Crippen molar-refractivity contribution in [3.63, 3.8) is 0 Å². The maximum absolute atomic E-state index is 12.0. The minimum absolute atomic E-state index is 0.0653. The molecule has 0 saturated heterocycles. The van der Waals surface area contributed by atoms with Gasteiger partial charge in [-0.2, -0.15) is 0 Å². The minimum atomic E-state index is -0.165. The van der Waals surface area contributed by atoms with Crippen molar-refractivity contribution in [2.75, 3.05) is 0 Å². The van der Waals surface area contributed by atoms with E-state index in [9.17, 15) is 4.79 Å². The number of carbonyl (C=O) groups excluding carboxylic acids is 1. The van der Waals surface area contributed by atoms with Crippen LogP contribution in [0, 0.1) is 0 Å². The van der Waals surface area contributed by atoms with Gasteiger partial charge in [0.25, 0.3) is 5.91 Å². The van der Waals surface area contributed by atoms with Gasteiger partial charge in [0.15, 0.2) is 0 Å². The molecular formula is C12H12ClN3OS. The van der Waals surface area contributed by atoms with Gasteiger partial charge in [0.1, 0.15) is 10.2 Å². The highest BCUT2D eigenvalue weighted by atomic mass is 35.5. The van der Waals surface area contributed by atoms with E-state index in [0.29, 0.717) is 10.7 Å². The van der Waals surface area contributed by atoms with E-state index in [-0.39, 0.29) is 11.9 Å². The van der Waals surface area contributed by atoms with Crippen LogP contribution in [0.1, 0.15) is 34.8 Å². The molecule has 2 aromatic rings. The third kappa shape index (κ3) is 3.05. The topological polar surface area (TPSA) is 54.9 Å². The summed E-state index contributed by atoms with van der Waals surface area (Å²) in [5.41, 5.74) is 0.505. The Hall–Kier alpha value is -1.46. The first-order valence-corrected chi connectivity index (χ1v) is 6.78. The summed E-state index contributed by atoms with van der Waals surface area (Å²) in [5.74, 6) is -0.165. The molecule has 0 bridgehead atoms. The molecule has 1 amide bonds. The van der Waals surface area contributed by atoms with Crippen LogP contribution in [0.2, 0.25) is 5.15 Å². The Kier molecular flexibility index (Phi) is 4.28. The number of rotatable bonds is 4. The molecule has 4 nitrogen and oxygen atoms in total. The van der Waals surface area contributed by atoms with Crippen molar-refractivity contribution < 1.29 is 4.79 Å². The number of carbonyl (C=O) groups is 1. The van der Waals surface area contributed by atoms with Crippen LogP contribution in [0.3, 0.4) is 0 Å². The van der Waals surface area contributed by atoms with E-state index in [1.165, 1.54) is 17.5 Å². The Morgan fingerprint density at radius 2 is 2.33 bits per heavy atom. The van der Waals surface area contributed by atoms with Crippen LogP contribution < -0.4 is 5.32 Å². The fraction of sp³-hybridized carbons (Fsp3) is 0.250. The monoisotopic (exact) mass is 281 g/mol. The van der Waals surface area contributed by atoms with E-state index in [1.54, 1.807) is 18.3 Å². The summed E-state index contributed by atoms with van der Waals surface area (Å²) in [7, 11) is 0. The fourth-order valence-electron chi connectivity index (χ4n) is 1.53. The van der Waals surface area contributed by atoms with Crippen LogP contribution in [0.15, 0.2) is 29.9 Å². The lowest BCUT2D eigenvalue weighted by atomic mass is 10.2. The molecule has 0 fully saturated rings. The third-order valence-electron chi connectivity index (χ3n) is 2.45. The highest BCUT2D eigenvalue weighted by molar-refractivity contribution is 7.09. The van der Waals surface area contributed by atoms with Crippen LogP contribution in [-0.2, 0) is 0 Å². The van der Waals surface area contributed by atoms with Gasteiger partial charge in [0.05, 0.1) is 6.04 Å². The average Bonchev–Trinajstić information content (AvgIpc) is 2.89. The zero-order valence-electron chi connectivity index (χ0n) is 9.76. The Balaban J connectivity index is 2.11. The predicted molar refractivity (Wildman–Crippen MR) is 71.9 cm³/mol. The molecule has 0 spiro atoms. The number of nitrogens with zero attached hydrogens (tertiary/aromatic N) is 2. The van der Waals surface area contributed by atoms with Gasteiger partial charge in [-0.05, 0) is 18.6 Å². The van der Waals surface area contributed by atoms with Crippen molar-refractivity contribution in [1.29, 1.82) is 0 Å². The molecule has 1 unspecified atom stereocenters. The van der Waals surface area contributed by atoms with Gasteiger partial charge in [-0.25, -0.2) is 9.97 Å². The van der Waals surface area contributed by atoms with Gasteiger partial charge in [-0.3, -0.25) is 4.79 Å². The van der Waals surface area contributed by atoms with Crippen molar-refractivity contribution >= 4 is 28.8 Å². The van der Waals surface area contributed by atoms with Crippen LogP contribution >= 0.6 is 22.9 Å². The standard InChI is InChI=1S/C12H12ClN3OS/c1-2-9(12-15-5-6-18-12)16-11(17)8-3-4-14-10(13)7-8/h3-7,9H,2H2,1H3,(H,16,17). The van der Waals surface area contributed by atoms with E-state index in [2.05, 4.69) is 15.3 Å². The summed E-state index contributed by atoms with van der Waals surface area (Å²) in [5, 5.41) is 6.05. The lowest BCUT2D eigenvalue weighted by Crippen LogP contribution is -2.28. The molecule has 0 radical (unpaired) electrons. The van der Waals surface area contributed by atoms with Crippen molar-refractivity contribution in [3.8, 4) is 0 Å². The van der Waals surface area contributed by atoms with Gasteiger partial charge in [-0.15, -0.1) is 11.3 Å². The highest BCUT2D eigenvalue weighted by Crippen LogP contribution is 2.19. The van der Waals surface area contributed by atoms with E-state index < -0.39 is 0 Å². The Morgan fingerprint density at radius 1 is 1.50 bits per heavy atom. The molecule has 1 N–H and O–H groups in total. The first kappa shape index (κ1) is 13.0. The van der Waals surface area contributed by atoms with Crippen molar-refractivity contribution in [3.05, 3.63) is 45.6 Å². The SMILES string of the molecule is CCC(NC(=O)c1ccnc(Cl)c1)c1nccs1. The number of halogens is 1. The number of amides is 1. The van der Waals surface area contributed by atoms with Crippen LogP contribution in [0.25, 0.3) is 0 Å². The normalized spacial score (nSPS) is 12.1. The smallest absolute Gasteiger partial charge is 0.252 e. The van der Waals surface area contributed by atoms with Crippen LogP contribution in [0.4, 0.5) is 0 Å². The first-order chi connectivity index (χ1) is 8.70. The maximum atomic E-state index is 12.0. The molecule has 2 aromatic heterocycles. The summed E-state index contributed by atoms with van der Waals surface area (Å²) in [6.07, 6.45) is 4.04. The maximum Gasteiger partial charge on any atom is 0.252 e. The predicted octanol–water partition coefficient (Wildman–Crippen LogP) is 3.07. The Labute approximate surface area is 114 Å². The second-order valence-corrected chi connectivity index (χ2v) is 4.99. The van der Waals surface area contributed by atoms with Gasteiger partial charge in [0, 0.05) is 23.3 Å². The molecular weight excluding hydrogens is 270 g/mol. The molecule has 0 saturated carbocycles. The number of aromatic nitrogens is 2. The second-order valence-electron chi connectivity index (χ2n) is 3.67. The number of hydrogen-bond donors (Lipinski definition) is 1. The number of nitrogens with one attached hydrogen (secondary N) is 1. The number of hydrogen-bond acceptors (Lipinski definition) is 4. The zero-order valence-corrected chi connectivity index (χ0v) is 11.3. The van der Waals surface area contributed by atoms with Gasteiger partial charge >= 0.3 is 0 Å². The van der Waals surface area contributed by atoms with Crippen LogP contribution in [-0.4, -0.2) is 15.9 Å². The van der Waals surface area contributed by atoms with E-state index in [4.69, 9.17) is 11.6 Å². The van der Waals surface area contributed by atoms with Crippen LogP contribution in [0.5, 0.6) is 0 Å².